The Bertz CT molecular complexity index is 374. The zero-order valence-electron chi connectivity index (χ0n) is 11.0. The van der Waals surface area contributed by atoms with Gasteiger partial charge in [-0.05, 0) is 44.6 Å². The molecule has 0 radical (unpaired) electrons. The van der Waals surface area contributed by atoms with E-state index in [0.29, 0.717) is 12.3 Å². The van der Waals surface area contributed by atoms with Gasteiger partial charge in [0.2, 0.25) is 0 Å². The lowest BCUT2D eigenvalue weighted by atomic mass is 9.82. The molecule has 0 aromatic heterocycles. The van der Waals surface area contributed by atoms with E-state index in [1.807, 2.05) is 0 Å². The van der Waals surface area contributed by atoms with Gasteiger partial charge < -0.3 is 5.11 Å². The van der Waals surface area contributed by atoms with Crippen molar-refractivity contribution in [2.24, 2.45) is 11.8 Å². The van der Waals surface area contributed by atoms with Crippen LogP contribution in [-0.4, -0.2) is 11.1 Å². The van der Waals surface area contributed by atoms with Crippen LogP contribution in [0.3, 0.4) is 0 Å². The van der Waals surface area contributed by atoms with Crippen LogP contribution in [0.4, 0.5) is 0 Å². The van der Waals surface area contributed by atoms with E-state index in [-0.39, 0.29) is 5.92 Å². The summed E-state index contributed by atoms with van der Waals surface area (Å²) in [5, 5.41) is 8.86. The van der Waals surface area contributed by atoms with Crippen LogP contribution in [0.1, 0.15) is 40.0 Å². The zero-order chi connectivity index (χ0) is 13.0. The van der Waals surface area contributed by atoms with Crippen molar-refractivity contribution in [1.82, 2.24) is 0 Å². The molecule has 2 nitrogen and oxygen atoms in total. The van der Waals surface area contributed by atoms with E-state index in [1.54, 1.807) is 6.92 Å². The largest absolute Gasteiger partial charge is 0.481 e. The smallest absolute Gasteiger partial charge is 0.306 e. The van der Waals surface area contributed by atoms with Gasteiger partial charge in [0.15, 0.2) is 0 Å². The predicted octanol–water partition coefficient (Wildman–Crippen LogP) is 3.96. The summed E-state index contributed by atoms with van der Waals surface area (Å²) < 4.78 is 0. The molecule has 0 amide bonds. The molecule has 94 valence electrons. The fourth-order valence-electron chi connectivity index (χ4n) is 2.00. The lowest BCUT2D eigenvalue weighted by molar-refractivity contribution is -0.140. The topological polar surface area (TPSA) is 37.3 Å². The van der Waals surface area contributed by atoms with Crippen molar-refractivity contribution in [1.29, 1.82) is 0 Å². The summed E-state index contributed by atoms with van der Waals surface area (Å²) in [4.78, 5) is 10.8. The van der Waals surface area contributed by atoms with Crippen LogP contribution in [0.15, 0.2) is 35.5 Å². The molecule has 1 aliphatic rings. The summed E-state index contributed by atoms with van der Waals surface area (Å²) in [6.45, 7) is 9.93. The Hall–Kier alpha value is -1.31. The van der Waals surface area contributed by atoms with Gasteiger partial charge in [0.05, 0.1) is 5.92 Å². The number of carboxylic acids is 1. The second kappa shape index (κ2) is 5.85. The highest BCUT2D eigenvalue weighted by molar-refractivity contribution is 5.69. The minimum absolute atomic E-state index is 0.305. The predicted molar refractivity (Wildman–Crippen MR) is 70.8 cm³/mol. The molecule has 0 aromatic rings. The molecule has 17 heavy (non-hydrogen) atoms. The van der Waals surface area contributed by atoms with Crippen molar-refractivity contribution in [3.63, 3.8) is 0 Å². The Morgan fingerprint density at radius 1 is 1.71 bits per heavy atom. The first-order valence-corrected chi connectivity index (χ1v) is 6.16. The van der Waals surface area contributed by atoms with Crippen LogP contribution in [0.5, 0.6) is 0 Å². The first kappa shape index (κ1) is 13.8. The zero-order valence-corrected chi connectivity index (χ0v) is 11.0. The van der Waals surface area contributed by atoms with Crippen molar-refractivity contribution < 1.29 is 9.90 Å². The second-order valence-corrected chi connectivity index (χ2v) is 5.07. The maximum Gasteiger partial charge on any atom is 0.306 e. The van der Waals surface area contributed by atoms with Crippen LogP contribution in [0.25, 0.3) is 0 Å². The highest BCUT2D eigenvalue weighted by Crippen LogP contribution is 2.32. The molecule has 0 fully saturated rings. The van der Waals surface area contributed by atoms with Gasteiger partial charge in [-0.3, -0.25) is 4.79 Å². The first-order chi connectivity index (χ1) is 7.91. The van der Waals surface area contributed by atoms with E-state index in [9.17, 15) is 4.79 Å². The Morgan fingerprint density at radius 3 is 2.88 bits per heavy atom. The SMILES string of the molecule is C=C(C)[C@@H]1CC=C(C)/C(=C/C[C@@H](C)C(=O)O)C1. The monoisotopic (exact) mass is 234 g/mol. The van der Waals surface area contributed by atoms with Crippen LogP contribution in [0, 0.1) is 11.8 Å². The number of hydrogen-bond acceptors (Lipinski definition) is 1. The molecule has 2 atom stereocenters. The third-order valence-corrected chi connectivity index (χ3v) is 3.52. The van der Waals surface area contributed by atoms with Gasteiger partial charge in [0, 0.05) is 0 Å². The lowest BCUT2D eigenvalue weighted by Crippen LogP contribution is -2.11. The molecular weight excluding hydrogens is 212 g/mol. The van der Waals surface area contributed by atoms with Crippen LogP contribution >= 0.6 is 0 Å². The number of rotatable bonds is 4. The van der Waals surface area contributed by atoms with E-state index in [0.717, 1.165) is 12.8 Å². The Balaban J connectivity index is 2.72. The normalized spacial score (nSPS) is 24.3. The molecule has 2 heteroatoms. The van der Waals surface area contributed by atoms with Gasteiger partial charge in [-0.25, -0.2) is 0 Å². The summed E-state index contributed by atoms with van der Waals surface area (Å²) in [6, 6.07) is 0. The van der Waals surface area contributed by atoms with Gasteiger partial charge in [0.1, 0.15) is 0 Å². The Kier molecular flexibility index (Phi) is 4.73. The van der Waals surface area contributed by atoms with Crippen molar-refractivity contribution in [2.45, 2.75) is 40.0 Å². The van der Waals surface area contributed by atoms with Gasteiger partial charge in [0.25, 0.3) is 0 Å². The summed E-state index contributed by atoms with van der Waals surface area (Å²) in [7, 11) is 0. The molecule has 0 saturated carbocycles. The van der Waals surface area contributed by atoms with Gasteiger partial charge in [-0.1, -0.05) is 36.8 Å². The molecular formula is C15H22O2. The van der Waals surface area contributed by atoms with Crippen molar-refractivity contribution in [2.75, 3.05) is 0 Å². The highest BCUT2D eigenvalue weighted by Gasteiger charge is 2.17. The van der Waals surface area contributed by atoms with Crippen LogP contribution < -0.4 is 0 Å². The minimum atomic E-state index is -0.726. The molecule has 0 saturated heterocycles. The van der Waals surface area contributed by atoms with E-state index >= 15 is 0 Å². The quantitative estimate of drug-likeness (QED) is 0.748. The van der Waals surface area contributed by atoms with Gasteiger partial charge in [-0.15, -0.1) is 0 Å². The fraction of sp³-hybridized carbons (Fsp3) is 0.533. The average Bonchev–Trinajstić information content (AvgIpc) is 2.26. The third kappa shape index (κ3) is 3.88. The molecule has 1 rings (SSSR count). The van der Waals surface area contributed by atoms with Crippen molar-refractivity contribution in [3.05, 3.63) is 35.5 Å². The first-order valence-electron chi connectivity index (χ1n) is 6.16. The van der Waals surface area contributed by atoms with E-state index < -0.39 is 5.97 Å². The number of carboxylic acid groups (broad SMARTS) is 1. The molecule has 0 aliphatic heterocycles. The van der Waals surface area contributed by atoms with Crippen LogP contribution in [0.2, 0.25) is 0 Å². The Labute approximate surface area is 104 Å². The summed E-state index contributed by atoms with van der Waals surface area (Å²) in [5.41, 5.74) is 3.79. The average molecular weight is 234 g/mol. The minimum Gasteiger partial charge on any atom is -0.481 e. The standard InChI is InChI=1S/C15H22O2/c1-10(2)13-7-5-11(3)14(9-13)8-6-12(4)15(16)17/h5,8,12-13H,1,6-7,9H2,2-4H3,(H,16,17)/b14-8+/t12-,13-/m1/s1. The van der Waals surface area contributed by atoms with E-state index in [1.165, 1.54) is 16.7 Å². The van der Waals surface area contributed by atoms with Crippen molar-refractivity contribution in [3.8, 4) is 0 Å². The molecule has 0 unspecified atom stereocenters. The van der Waals surface area contributed by atoms with Gasteiger partial charge >= 0.3 is 5.97 Å². The van der Waals surface area contributed by atoms with Crippen molar-refractivity contribution >= 4 is 5.97 Å². The number of hydrogen-bond donors (Lipinski definition) is 1. The molecule has 0 aromatic carbocycles. The molecule has 0 heterocycles. The third-order valence-electron chi connectivity index (χ3n) is 3.52. The molecule has 0 spiro atoms. The lowest BCUT2D eigenvalue weighted by Gasteiger charge is -2.23. The summed E-state index contributed by atoms with van der Waals surface area (Å²) >= 11 is 0. The number of allylic oxidation sites excluding steroid dienone is 5. The number of aliphatic carboxylic acids is 1. The van der Waals surface area contributed by atoms with Gasteiger partial charge in [-0.2, -0.15) is 0 Å². The molecule has 1 aliphatic carbocycles. The number of carbonyl (C=O) groups is 1. The fourth-order valence-corrected chi connectivity index (χ4v) is 2.00. The van der Waals surface area contributed by atoms with E-state index in [4.69, 9.17) is 5.11 Å². The van der Waals surface area contributed by atoms with E-state index in [2.05, 4.69) is 32.6 Å². The van der Waals surface area contributed by atoms with Crippen LogP contribution in [-0.2, 0) is 4.79 Å². The summed E-state index contributed by atoms with van der Waals surface area (Å²) in [6.07, 6.45) is 7.00. The molecule has 1 N–H and O–H groups in total. The second-order valence-electron chi connectivity index (χ2n) is 5.07. The maximum atomic E-state index is 10.8. The Morgan fingerprint density at radius 2 is 2.35 bits per heavy atom. The summed E-state index contributed by atoms with van der Waals surface area (Å²) in [5.74, 6) is -0.513. The highest BCUT2D eigenvalue weighted by atomic mass is 16.4. The molecule has 0 bridgehead atoms. The maximum absolute atomic E-state index is 10.8.